The molecule has 1 heterocycles. The van der Waals surface area contributed by atoms with Crippen LogP contribution >= 0.6 is 12.6 Å². The summed E-state index contributed by atoms with van der Waals surface area (Å²) in [6, 6.07) is -0.745. The van der Waals surface area contributed by atoms with Gasteiger partial charge in [-0.05, 0) is 13.8 Å². The van der Waals surface area contributed by atoms with Gasteiger partial charge in [0.1, 0.15) is 6.04 Å². The van der Waals surface area contributed by atoms with Crippen molar-refractivity contribution in [2.45, 2.75) is 26.4 Å². The van der Waals surface area contributed by atoms with Crippen molar-refractivity contribution in [2.75, 3.05) is 12.4 Å². The molecule has 1 atom stereocenters. The Hall–Kier alpha value is -1.50. The number of aryl methyl sites for hydroxylation is 1. The lowest BCUT2D eigenvalue weighted by molar-refractivity contribution is -0.144. The Labute approximate surface area is 111 Å². The molecule has 0 aromatic carbocycles. The van der Waals surface area contributed by atoms with Crippen LogP contribution in [0.3, 0.4) is 0 Å². The molecule has 1 amide bonds. The Morgan fingerprint density at radius 2 is 2.28 bits per heavy atom. The lowest BCUT2D eigenvalue weighted by Gasteiger charge is -2.14. The molecule has 100 valence electrons. The Balaban J connectivity index is 2.64. The topological polar surface area (TPSA) is 73.2 Å². The fourth-order valence-corrected chi connectivity index (χ4v) is 1.56. The third-order valence-electron chi connectivity index (χ3n) is 2.28. The summed E-state index contributed by atoms with van der Waals surface area (Å²) in [7, 11) is 0. The monoisotopic (exact) mass is 271 g/mol. The van der Waals surface area contributed by atoms with Crippen LogP contribution in [-0.4, -0.2) is 40.1 Å². The second kappa shape index (κ2) is 7.05. The molecule has 1 aromatic rings. The second-order valence-electron chi connectivity index (χ2n) is 3.55. The maximum absolute atomic E-state index is 11.8. The van der Waals surface area contributed by atoms with Crippen LogP contribution < -0.4 is 5.32 Å². The summed E-state index contributed by atoms with van der Waals surface area (Å²) in [5, 5.41) is 6.55. The molecule has 1 aromatic heterocycles. The van der Waals surface area contributed by atoms with Crippen LogP contribution in [0.25, 0.3) is 0 Å². The van der Waals surface area contributed by atoms with Crippen molar-refractivity contribution in [2.24, 2.45) is 0 Å². The number of ether oxygens (including phenoxy) is 1. The summed E-state index contributed by atoms with van der Waals surface area (Å²) in [6.45, 7) is 4.58. The Morgan fingerprint density at radius 1 is 1.56 bits per heavy atom. The van der Waals surface area contributed by atoms with Gasteiger partial charge in [0.2, 0.25) is 0 Å². The van der Waals surface area contributed by atoms with Crippen LogP contribution in [0, 0.1) is 0 Å². The zero-order valence-corrected chi connectivity index (χ0v) is 11.3. The molecule has 0 aliphatic rings. The fraction of sp³-hybridized carbons (Fsp3) is 0.545. The zero-order chi connectivity index (χ0) is 13.5. The Morgan fingerprint density at radius 3 is 2.78 bits per heavy atom. The van der Waals surface area contributed by atoms with Gasteiger partial charge in [0, 0.05) is 18.5 Å². The summed E-state index contributed by atoms with van der Waals surface area (Å²) < 4.78 is 6.47. The van der Waals surface area contributed by atoms with E-state index < -0.39 is 12.0 Å². The molecule has 0 saturated heterocycles. The largest absolute Gasteiger partial charge is 0.464 e. The first-order valence-corrected chi connectivity index (χ1v) is 6.36. The molecule has 0 saturated carbocycles. The third-order valence-corrected chi connectivity index (χ3v) is 2.64. The summed E-state index contributed by atoms with van der Waals surface area (Å²) >= 11 is 4.02. The van der Waals surface area contributed by atoms with E-state index in [1.165, 1.54) is 6.20 Å². The van der Waals surface area contributed by atoms with Crippen molar-refractivity contribution in [1.29, 1.82) is 0 Å². The van der Waals surface area contributed by atoms with E-state index in [2.05, 4.69) is 23.0 Å². The predicted molar refractivity (Wildman–Crippen MR) is 69.6 cm³/mol. The van der Waals surface area contributed by atoms with Crippen molar-refractivity contribution in [3.05, 3.63) is 18.0 Å². The van der Waals surface area contributed by atoms with Gasteiger partial charge in [-0.1, -0.05) is 0 Å². The molecule has 0 unspecified atom stereocenters. The molecule has 18 heavy (non-hydrogen) atoms. The van der Waals surface area contributed by atoms with Gasteiger partial charge in [0.25, 0.3) is 5.91 Å². The van der Waals surface area contributed by atoms with E-state index in [9.17, 15) is 9.59 Å². The molecule has 6 nitrogen and oxygen atoms in total. The van der Waals surface area contributed by atoms with E-state index in [1.807, 2.05) is 6.92 Å². The number of nitrogens with zero attached hydrogens (tertiary/aromatic N) is 2. The smallest absolute Gasteiger partial charge is 0.329 e. The van der Waals surface area contributed by atoms with E-state index in [0.29, 0.717) is 12.1 Å². The van der Waals surface area contributed by atoms with Gasteiger partial charge in [0.15, 0.2) is 0 Å². The number of carbonyl (C=O) groups excluding carboxylic acids is 2. The standard InChI is InChI=1S/C11H17N3O3S/c1-3-14-6-8(5-12-14)10(15)13-9(7-18)11(16)17-4-2/h5-6,9,18H,3-4,7H2,1-2H3,(H,13,15)/t9-/m0/s1. The number of amides is 1. The van der Waals surface area contributed by atoms with Crippen LogP contribution in [-0.2, 0) is 16.1 Å². The maximum atomic E-state index is 11.8. The first kappa shape index (κ1) is 14.6. The van der Waals surface area contributed by atoms with E-state index >= 15 is 0 Å². The van der Waals surface area contributed by atoms with Gasteiger partial charge in [-0.25, -0.2) is 4.79 Å². The van der Waals surface area contributed by atoms with E-state index in [4.69, 9.17) is 4.74 Å². The SMILES string of the molecule is CCOC(=O)[C@H](CS)NC(=O)c1cnn(CC)c1. The minimum atomic E-state index is -0.745. The van der Waals surface area contributed by atoms with Crippen LogP contribution in [0.4, 0.5) is 0 Å². The van der Waals surface area contributed by atoms with Gasteiger partial charge >= 0.3 is 5.97 Å². The molecule has 1 rings (SSSR count). The summed E-state index contributed by atoms with van der Waals surface area (Å²) in [5.74, 6) is -0.655. The van der Waals surface area contributed by atoms with E-state index in [1.54, 1.807) is 17.8 Å². The Bertz CT molecular complexity index is 419. The van der Waals surface area contributed by atoms with Crippen LogP contribution in [0.15, 0.2) is 12.4 Å². The van der Waals surface area contributed by atoms with Crippen LogP contribution in [0.1, 0.15) is 24.2 Å². The third kappa shape index (κ3) is 3.76. The maximum Gasteiger partial charge on any atom is 0.329 e. The molecule has 0 radical (unpaired) electrons. The van der Waals surface area contributed by atoms with E-state index in [0.717, 1.165) is 0 Å². The van der Waals surface area contributed by atoms with Crippen LogP contribution in [0.2, 0.25) is 0 Å². The summed E-state index contributed by atoms with van der Waals surface area (Å²) in [4.78, 5) is 23.3. The molecule has 7 heteroatoms. The van der Waals surface area contributed by atoms with Crippen molar-refractivity contribution in [1.82, 2.24) is 15.1 Å². The lowest BCUT2D eigenvalue weighted by atomic mass is 10.3. The summed E-state index contributed by atoms with van der Waals surface area (Å²) in [5.41, 5.74) is 0.410. The Kier molecular flexibility index (Phi) is 5.70. The number of aromatic nitrogens is 2. The van der Waals surface area contributed by atoms with Gasteiger partial charge < -0.3 is 10.1 Å². The van der Waals surface area contributed by atoms with Crippen molar-refractivity contribution in [3.8, 4) is 0 Å². The van der Waals surface area contributed by atoms with Gasteiger partial charge in [-0.15, -0.1) is 0 Å². The normalized spacial score (nSPS) is 11.9. The predicted octanol–water partition coefficient (Wildman–Crippen LogP) is 0.494. The first-order chi connectivity index (χ1) is 8.62. The number of nitrogens with one attached hydrogen (secondary N) is 1. The fourth-order valence-electron chi connectivity index (χ4n) is 1.32. The van der Waals surface area contributed by atoms with Crippen LogP contribution in [0.5, 0.6) is 0 Å². The second-order valence-corrected chi connectivity index (χ2v) is 3.91. The lowest BCUT2D eigenvalue weighted by Crippen LogP contribution is -2.43. The highest BCUT2D eigenvalue weighted by Crippen LogP contribution is 2.00. The average molecular weight is 271 g/mol. The molecule has 0 aliphatic heterocycles. The minimum Gasteiger partial charge on any atom is -0.464 e. The van der Waals surface area contributed by atoms with Crippen molar-refractivity contribution < 1.29 is 14.3 Å². The zero-order valence-electron chi connectivity index (χ0n) is 10.4. The highest BCUT2D eigenvalue weighted by Gasteiger charge is 2.21. The van der Waals surface area contributed by atoms with Crippen molar-refractivity contribution >= 4 is 24.5 Å². The number of thiol groups is 1. The molecule has 0 bridgehead atoms. The summed E-state index contributed by atoms with van der Waals surface area (Å²) in [6.07, 6.45) is 3.08. The molecular formula is C11H17N3O3S. The molecule has 1 N–H and O–H groups in total. The first-order valence-electron chi connectivity index (χ1n) is 5.73. The van der Waals surface area contributed by atoms with Gasteiger partial charge in [-0.3, -0.25) is 9.48 Å². The number of rotatable bonds is 6. The highest BCUT2D eigenvalue weighted by atomic mass is 32.1. The molecular weight excluding hydrogens is 254 g/mol. The van der Waals surface area contributed by atoms with Crippen molar-refractivity contribution in [3.63, 3.8) is 0 Å². The molecule has 0 fully saturated rings. The number of hydrogen-bond donors (Lipinski definition) is 2. The van der Waals surface area contributed by atoms with Gasteiger partial charge in [0.05, 0.1) is 18.4 Å². The quantitative estimate of drug-likeness (QED) is 0.583. The average Bonchev–Trinajstić information content (AvgIpc) is 2.84. The number of esters is 1. The van der Waals surface area contributed by atoms with Gasteiger partial charge in [-0.2, -0.15) is 17.7 Å². The number of hydrogen-bond acceptors (Lipinski definition) is 5. The molecule has 0 aliphatic carbocycles. The number of carbonyl (C=O) groups is 2. The van der Waals surface area contributed by atoms with E-state index in [-0.39, 0.29) is 18.3 Å². The molecule has 0 spiro atoms. The minimum absolute atomic E-state index is 0.187. The highest BCUT2D eigenvalue weighted by molar-refractivity contribution is 7.80.